The van der Waals surface area contributed by atoms with Crippen LogP contribution in [-0.2, 0) is 13.3 Å². The quantitative estimate of drug-likeness (QED) is 0.620. The molecule has 0 atom stereocenters. The van der Waals surface area contributed by atoms with E-state index in [0.29, 0.717) is 0 Å². The molecule has 0 aliphatic carbocycles. The third kappa shape index (κ3) is 4.36. The van der Waals surface area contributed by atoms with Gasteiger partial charge in [0.2, 0.25) is 0 Å². The monoisotopic (exact) mass is 250 g/mol. The zero-order valence-corrected chi connectivity index (χ0v) is 13.1. The van der Waals surface area contributed by atoms with Crippen LogP contribution in [0.1, 0.15) is 13.8 Å². The summed E-state index contributed by atoms with van der Waals surface area (Å²) in [5, 5.41) is 0. The fourth-order valence-corrected chi connectivity index (χ4v) is 7.94. The summed E-state index contributed by atoms with van der Waals surface area (Å²) in [5.41, 5.74) is 0. The van der Waals surface area contributed by atoms with Gasteiger partial charge < -0.3 is 13.3 Å². The molecule has 0 saturated carbocycles. The van der Waals surface area contributed by atoms with E-state index >= 15 is 0 Å². The normalized spacial score (nSPS) is 13.2. The van der Waals surface area contributed by atoms with Gasteiger partial charge in [0.15, 0.2) is 8.32 Å². The van der Waals surface area contributed by atoms with E-state index in [1.807, 2.05) is 7.11 Å². The third-order valence-electron chi connectivity index (χ3n) is 3.62. The predicted molar refractivity (Wildman–Crippen MR) is 69.0 cm³/mol. The summed E-state index contributed by atoms with van der Waals surface area (Å²) in [4.78, 5) is 0. The highest BCUT2D eigenvalue weighted by molar-refractivity contribution is 6.76. The Morgan fingerprint density at radius 3 is 1.53 bits per heavy atom. The first-order valence-corrected chi connectivity index (χ1v) is 10.7. The molecule has 0 unspecified atom stereocenters. The minimum absolute atomic E-state index is 1.04. The first-order valence-electron chi connectivity index (χ1n) is 5.67. The molecule has 0 aliphatic rings. The maximum atomic E-state index is 5.77. The van der Waals surface area contributed by atoms with Gasteiger partial charge in [0.1, 0.15) is 0 Å². The van der Waals surface area contributed by atoms with Crippen molar-refractivity contribution in [2.75, 3.05) is 21.3 Å². The minimum atomic E-state index is -1.90. The summed E-state index contributed by atoms with van der Waals surface area (Å²) >= 11 is 0. The Balaban J connectivity index is 4.32. The average Bonchev–Trinajstić information content (AvgIpc) is 2.31. The molecule has 0 bridgehead atoms. The van der Waals surface area contributed by atoms with Crippen LogP contribution in [0, 0.1) is 0 Å². The van der Waals surface area contributed by atoms with Crippen LogP contribution in [0.4, 0.5) is 0 Å². The Morgan fingerprint density at radius 1 is 0.800 bits per heavy atom. The molecule has 0 saturated heterocycles. The van der Waals surface area contributed by atoms with Crippen LogP contribution < -0.4 is 0 Å². The van der Waals surface area contributed by atoms with Crippen molar-refractivity contribution in [2.24, 2.45) is 0 Å². The lowest BCUT2D eigenvalue weighted by Gasteiger charge is -2.31. The standard InChI is InChI=1S/C10H26O3Si2/c1-7-15(8-2,13-5)10-9-14(6,11-3)12-4/h7-10H2,1-6H3. The highest BCUT2D eigenvalue weighted by Crippen LogP contribution is 2.27. The molecule has 0 aromatic heterocycles. The second-order valence-electron chi connectivity index (χ2n) is 4.14. The molecular weight excluding hydrogens is 224 g/mol. The maximum Gasteiger partial charge on any atom is 0.334 e. The van der Waals surface area contributed by atoms with E-state index in [4.69, 9.17) is 13.3 Å². The topological polar surface area (TPSA) is 27.7 Å². The van der Waals surface area contributed by atoms with Gasteiger partial charge in [-0.1, -0.05) is 13.8 Å². The van der Waals surface area contributed by atoms with Crippen LogP contribution >= 0.6 is 0 Å². The van der Waals surface area contributed by atoms with Gasteiger partial charge in [0, 0.05) is 21.3 Å². The summed E-state index contributed by atoms with van der Waals surface area (Å²) in [5.74, 6) is 0. The molecule has 0 aromatic rings. The summed E-state index contributed by atoms with van der Waals surface area (Å²) in [7, 11) is 1.98. The molecule has 0 fully saturated rings. The smallest absolute Gasteiger partial charge is 0.334 e. The van der Waals surface area contributed by atoms with Gasteiger partial charge in [-0.3, -0.25) is 0 Å². The lowest BCUT2D eigenvalue weighted by molar-refractivity contribution is 0.250. The molecule has 0 radical (unpaired) electrons. The molecule has 5 heteroatoms. The molecule has 92 valence electrons. The van der Waals surface area contributed by atoms with E-state index in [-0.39, 0.29) is 0 Å². The largest absolute Gasteiger partial charge is 0.420 e. The molecule has 0 aliphatic heterocycles. The summed E-state index contributed by atoms with van der Waals surface area (Å²) < 4.78 is 16.8. The van der Waals surface area contributed by atoms with Gasteiger partial charge in [-0.05, 0) is 30.7 Å². The Morgan fingerprint density at radius 2 is 1.27 bits per heavy atom. The van der Waals surface area contributed by atoms with Crippen molar-refractivity contribution >= 4 is 16.9 Å². The highest BCUT2D eigenvalue weighted by atomic mass is 28.4. The minimum Gasteiger partial charge on any atom is -0.420 e. The van der Waals surface area contributed by atoms with Crippen molar-refractivity contribution in [2.45, 2.75) is 44.6 Å². The van der Waals surface area contributed by atoms with Crippen LogP contribution in [0.25, 0.3) is 0 Å². The molecule has 0 spiro atoms. The molecule has 15 heavy (non-hydrogen) atoms. The second-order valence-corrected chi connectivity index (χ2v) is 12.4. The zero-order chi connectivity index (χ0) is 11.9. The molecule has 3 nitrogen and oxygen atoms in total. The molecule has 0 rings (SSSR count). The highest BCUT2D eigenvalue weighted by Gasteiger charge is 2.36. The maximum absolute atomic E-state index is 5.77. The Bertz CT molecular complexity index is 160. The first kappa shape index (κ1) is 15.3. The van der Waals surface area contributed by atoms with Gasteiger partial charge in [0.25, 0.3) is 0 Å². The summed E-state index contributed by atoms with van der Waals surface area (Å²) in [6, 6.07) is 4.55. The Hall–Kier alpha value is 0.314. The van der Waals surface area contributed by atoms with Gasteiger partial charge >= 0.3 is 8.56 Å². The predicted octanol–water partition coefficient (Wildman–Crippen LogP) is 2.98. The fourth-order valence-electron chi connectivity index (χ4n) is 1.74. The van der Waals surface area contributed by atoms with E-state index in [2.05, 4.69) is 20.4 Å². The van der Waals surface area contributed by atoms with Gasteiger partial charge in [-0.2, -0.15) is 0 Å². The van der Waals surface area contributed by atoms with Gasteiger partial charge in [0.05, 0.1) is 0 Å². The number of rotatable bonds is 8. The summed E-state index contributed by atoms with van der Waals surface area (Å²) in [6.45, 7) is 6.59. The summed E-state index contributed by atoms with van der Waals surface area (Å²) in [6.07, 6.45) is 0. The van der Waals surface area contributed by atoms with Crippen LogP contribution in [0.2, 0.25) is 30.7 Å². The van der Waals surface area contributed by atoms with Crippen LogP contribution in [0.15, 0.2) is 0 Å². The first-order chi connectivity index (χ1) is 7.01. The molecule has 0 heterocycles. The average molecular weight is 250 g/mol. The van der Waals surface area contributed by atoms with Crippen molar-refractivity contribution in [1.82, 2.24) is 0 Å². The molecular formula is C10H26O3Si2. The van der Waals surface area contributed by atoms with E-state index in [1.54, 1.807) is 14.2 Å². The third-order valence-corrected chi connectivity index (χ3v) is 11.6. The second kappa shape index (κ2) is 6.80. The van der Waals surface area contributed by atoms with Gasteiger partial charge in [-0.15, -0.1) is 0 Å². The lowest BCUT2D eigenvalue weighted by Crippen LogP contribution is -2.42. The van der Waals surface area contributed by atoms with E-state index in [9.17, 15) is 0 Å². The van der Waals surface area contributed by atoms with Crippen LogP contribution in [0.5, 0.6) is 0 Å². The van der Waals surface area contributed by atoms with Crippen molar-refractivity contribution < 1.29 is 13.3 Å². The van der Waals surface area contributed by atoms with Crippen molar-refractivity contribution in [3.63, 3.8) is 0 Å². The van der Waals surface area contributed by atoms with E-state index in [1.165, 1.54) is 12.1 Å². The lowest BCUT2D eigenvalue weighted by atomic mass is 10.9. The van der Waals surface area contributed by atoms with E-state index < -0.39 is 16.9 Å². The number of hydrogen-bond acceptors (Lipinski definition) is 3. The Labute approximate surface area is 96.5 Å². The van der Waals surface area contributed by atoms with Crippen molar-refractivity contribution in [3.8, 4) is 0 Å². The Kier molecular flexibility index (Phi) is 6.94. The zero-order valence-electron chi connectivity index (χ0n) is 11.1. The van der Waals surface area contributed by atoms with Crippen LogP contribution in [0.3, 0.4) is 0 Å². The SMILES string of the molecule is CC[Si](CC)(CC[Si](C)(OC)OC)OC. The van der Waals surface area contributed by atoms with Gasteiger partial charge in [-0.25, -0.2) is 0 Å². The molecule has 0 amide bonds. The fraction of sp³-hybridized carbons (Fsp3) is 1.00. The van der Waals surface area contributed by atoms with Crippen molar-refractivity contribution in [1.29, 1.82) is 0 Å². The molecule has 0 N–H and O–H groups in total. The van der Waals surface area contributed by atoms with Crippen molar-refractivity contribution in [3.05, 3.63) is 0 Å². The van der Waals surface area contributed by atoms with E-state index in [0.717, 1.165) is 12.1 Å². The molecule has 0 aromatic carbocycles. The number of hydrogen-bond donors (Lipinski definition) is 0. The van der Waals surface area contributed by atoms with Crippen LogP contribution in [-0.4, -0.2) is 38.2 Å².